The number of carbonyl (C=O) groups excluding carboxylic acids is 1. The van der Waals surface area contributed by atoms with E-state index in [0.29, 0.717) is 17.4 Å². The number of fused-ring (bicyclic) bond motifs is 1. The number of nitrogens with one attached hydrogen (secondary N) is 2. The summed E-state index contributed by atoms with van der Waals surface area (Å²) >= 11 is 0. The molecule has 7 heteroatoms. The molecule has 1 aromatic heterocycles. The number of sulfonamides is 1. The van der Waals surface area contributed by atoms with Gasteiger partial charge < -0.3 is 5.32 Å². The largest absolute Gasteiger partial charge is 0.355 e. The van der Waals surface area contributed by atoms with Gasteiger partial charge in [-0.2, -0.15) is 0 Å². The molecule has 1 heterocycles. The number of amides is 1. The van der Waals surface area contributed by atoms with E-state index < -0.39 is 10.0 Å². The molecular formula is C15H19N3O3S. The number of aromatic nitrogens is 1. The van der Waals surface area contributed by atoms with Gasteiger partial charge in [-0.3, -0.25) is 9.78 Å². The maximum atomic E-state index is 12.4. The molecular weight excluding hydrogens is 302 g/mol. The highest BCUT2D eigenvalue weighted by Gasteiger charge is 2.19. The summed E-state index contributed by atoms with van der Waals surface area (Å²) in [7, 11) is -3.77. The first kappa shape index (κ1) is 16.4. The quantitative estimate of drug-likeness (QED) is 0.840. The summed E-state index contributed by atoms with van der Waals surface area (Å²) < 4.78 is 27.2. The molecule has 0 radical (unpaired) electrons. The van der Waals surface area contributed by atoms with Crippen molar-refractivity contribution in [2.45, 2.75) is 25.2 Å². The van der Waals surface area contributed by atoms with E-state index in [-0.39, 0.29) is 17.3 Å². The Hall–Kier alpha value is -1.99. The van der Waals surface area contributed by atoms with E-state index in [1.807, 2.05) is 13.8 Å². The second-order valence-corrected chi connectivity index (χ2v) is 6.69. The topological polar surface area (TPSA) is 88.2 Å². The molecule has 0 saturated carbocycles. The third-order valence-corrected chi connectivity index (χ3v) is 4.68. The number of aryl methyl sites for hydroxylation is 1. The second-order valence-electron chi connectivity index (χ2n) is 4.95. The number of benzene rings is 1. The zero-order valence-corrected chi connectivity index (χ0v) is 13.4. The van der Waals surface area contributed by atoms with Crippen LogP contribution in [0.25, 0.3) is 10.9 Å². The van der Waals surface area contributed by atoms with E-state index in [9.17, 15) is 13.2 Å². The van der Waals surface area contributed by atoms with Crippen molar-refractivity contribution in [1.82, 2.24) is 15.0 Å². The van der Waals surface area contributed by atoms with Crippen LogP contribution in [0.3, 0.4) is 0 Å². The summed E-state index contributed by atoms with van der Waals surface area (Å²) in [5, 5.41) is 3.17. The van der Waals surface area contributed by atoms with Crippen LogP contribution in [0, 0.1) is 6.92 Å². The van der Waals surface area contributed by atoms with Crippen LogP contribution in [-0.4, -0.2) is 32.4 Å². The maximum Gasteiger partial charge on any atom is 0.241 e. The van der Waals surface area contributed by atoms with Crippen LogP contribution in [-0.2, 0) is 14.8 Å². The summed E-state index contributed by atoms with van der Waals surface area (Å²) in [6, 6.07) is 6.64. The molecule has 1 aromatic carbocycles. The monoisotopic (exact) mass is 321 g/mol. The fourth-order valence-electron chi connectivity index (χ4n) is 2.09. The fourth-order valence-corrected chi connectivity index (χ4v) is 3.27. The summed E-state index contributed by atoms with van der Waals surface area (Å²) in [6.07, 6.45) is 2.42. The number of nitrogens with zero attached hydrogens (tertiary/aromatic N) is 1. The van der Waals surface area contributed by atoms with E-state index in [2.05, 4.69) is 15.0 Å². The van der Waals surface area contributed by atoms with E-state index in [4.69, 9.17) is 0 Å². The molecule has 2 aromatic rings. The smallest absolute Gasteiger partial charge is 0.241 e. The van der Waals surface area contributed by atoms with Gasteiger partial charge in [-0.25, -0.2) is 13.1 Å². The van der Waals surface area contributed by atoms with Gasteiger partial charge in [0.2, 0.25) is 15.9 Å². The van der Waals surface area contributed by atoms with Crippen molar-refractivity contribution in [2.24, 2.45) is 0 Å². The average Bonchev–Trinajstić information content (AvgIpc) is 2.51. The molecule has 0 atom stereocenters. The number of hydrogen-bond donors (Lipinski definition) is 2. The first-order chi connectivity index (χ1) is 10.5. The van der Waals surface area contributed by atoms with Crippen molar-refractivity contribution >= 4 is 26.8 Å². The van der Waals surface area contributed by atoms with Gasteiger partial charge in [0.1, 0.15) is 0 Å². The van der Waals surface area contributed by atoms with E-state index in [1.54, 1.807) is 24.4 Å². The molecule has 0 saturated heterocycles. The highest BCUT2D eigenvalue weighted by Crippen LogP contribution is 2.23. The molecule has 0 aliphatic rings. The Morgan fingerprint density at radius 1 is 1.27 bits per heavy atom. The SMILES string of the molecule is CCCNC(=O)CNS(=O)(=O)c1ccc(C)c2ncccc12. The highest BCUT2D eigenvalue weighted by atomic mass is 32.2. The Labute approximate surface area is 130 Å². The molecule has 2 rings (SSSR count). The van der Waals surface area contributed by atoms with E-state index >= 15 is 0 Å². The van der Waals surface area contributed by atoms with Gasteiger partial charge >= 0.3 is 0 Å². The second kappa shape index (κ2) is 6.85. The molecule has 0 unspecified atom stereocenters. The fraction of sp³-hybridized carbons (Fsp3) is 0.333. The lowest BCUT2D eigenvalue weighted by Gasteiger charge is -2.10. The molecule has 0 aliphatic carbocycles. The minimum absolute atomic E-state index is 0.129. The zero-order chi connectivity index (χ0) is 16.2. The zero-order valence-electron chi connectivity index (χ0n) is 12.6. The standard InChI is InChI=1S/C15H19N3O3S/c1-3-8-16-14(19)10-18-22(20,21)13-7-6-11(2)15-12(13)5-4-9-17-15/h4-7,9,18H,3,8,10H2,1-2H3,(H,16,19). The van der Waals surface area contributed by atoms with Crippen molar-refractivity contribution in [2.75, 3.05) is 13.1 Å². The van der Waals surface area contributed by atoms with E-state index in [0.717, 1.165) is 12.0 Å². The van der Waals surface area contributed by atoms with Crippen LogP contribution < -0.4 is 10.0 Å². The number of pyridine rings is 1. The van der Waals surface area contributed by atoms with Crippen LogP contribution in [0.1, 0.15) is 18.9 Å². The lowest BCUT2D eigenvalue weighted by Crippen LogP contribution is -2.37. The van der Waals surface area contributed by atoms with Crippen LogP contribution in [0.5, 0.6) is 0 Å². The Balaban J connectivity index is 2.27. The lowest BCUT2D eigenvalue weighted by atomic mass is 10.1. The third-order valence-electron chi connectivity index (χ3n) is 3.22. The molecule has 0 spiro atoms. The normalized spacial score (nSPS) is 11.5. The number of hydrogen-bond acceptors (Lipinski definition) is 4. The Kier molecular flexibility index (Phi) is 5.10. The number of rotatable bonds is 6. The van der Waals surface area contributed by atoms with Crippen molar-refractivity contribution in [3.8, 4) is 0 Å². The van der Waals surface area contributed by atoms with Gasteiger partial charge in [-0.15, -0.1) is 0 Å². The van der Waals surface area contributed by atoms with Crippen molar-refractivity contribution in [3.05, 3.63) is 36.0 Å². The summed E-state index contributed by atoms with van der Waals surface area (Å²) in [5.74, 6) is -0.347. The average molecular weight is 321 g/mol. The van der Waals surface area contributed by atoms with E-state index in [1.165, 1.54) is 6.07 Å². The molecule has 0 aliphatic heterocycles. The predicted octanol–water partition coefficient (Wildman–Crippen LogP) is 1.35. The van der Waals surface area contributed by atoms with Crippen molar-refractivity contribution in [3.63, 3.8) is 0 Å². The molecule has 6 nitrogen and oxygen atoms in total. The minimum atomic E-state index is -3.77. The Morgan fingerprint density at radius 3 is 2.77 bits per heavy atom. The van der Waals surface area contributed by atoms with Gasteiger partial charge in [0.25, 0.3) is 0 Å². The summed E-state index contributed by atoms with van der Waals surface area (Å²) in [5.41, 5.74) is 1.54. The molecule has 2 N–H and O–H groups in total. The molecule has 118 valence electrons. The number of carbonyl (C=O) groups is 1. The van der Waals surface area contributed by atoms with Gasteiger partial charge in [-0.05, 0) is 37.1 Å². The maximum absolute atomic E-state index is 12.4. The molecule has 0 bridgehead atoms. The van der Waals surface area contributed by atoms with Crippen LogP contribution in [0.15, 0.2) is 35.4 Å². The first-order valence-electron chi connectivity index (χ1n) is 7.06. The summed E-state index contributed by atoms with van der Waals surface area (Å²) in [4.78, 5) is 15.9. The highest BCUT2D eigenvalue weighted by molar-refractivity contribution is 7.89. The van der Waals surface area contributed by atoms with Gasteiger partial charge in [0.05, 0.1) is 17.0 Å². The Bertz CT molecular complexity index is 788. The minimum Gasteiger partial charge on any atom is -0.355 e. The predicted molar refractivity (Wildman–Crippen MR) is 85.0 cm³/mol. The lowest BCUT2D eigenvalue weighted by molar-refractivity contribution is -0.119. The van der Waals surface area contributed by atoms with Crippen molar-refractivity contribution < 1.29 is 13.2 Å². The van der Waals surface area contributed by atoms with Crippen molar-refractivity contribution in [1.29, 1.82) is 0 Å². The molecule has 0 fully saturated rings. The van der Waals surface area contributed by atoms with Gasteiger partial charge in [0, 0.05) is 18.1 Å². The van der Waals surface area contributed by atoms with Crippen LogP contribution in [0.2, 0.25) is 0 Å². The first-order valence-corrected chi connectivity index (χ1v) is 8.54. The molecule has 1 amide bonds. The Morgan fingerprint density at radius 2 is 2.05 bits per heavy atom. The molecule has 22 heavy (non-hydrogen) atoms. The van der Waals surface area contributed by atoms with Crippen LogP contribution >= 0.6 is 0 Å². The van der Waals surface area contributed by atoms with Gasteiger partial charge in [-0.1, -0.05) is 13.0 Å². The third kappa shape index (κ3) is 3.61. The van der Waals surface area contributed by atoms with Gasteiger partial charge in [0.15, 0.2) is 0 Å². The van der Waals surface area contributed by atoms with Crippen LogP contribution in [0.4, 0.5) is 0 Å². The summed E-state index contributed by atoms with van der Waals surface area (Å²) in [6.45, 7) is 4.04.